The normalized spacial score (nSPS) is 10.8. The smallest absolute Gasteiger partial charge is 0.498 e. The number of halogens is 3. The molecule has 0 atom stereocenters. The maximum Gasteiger partial charge on any atom is 0.573 e. The van der Waals surface area contributed by atoms with Crippen molar-refractivity contribution in [3.05, 3.63) is 21.9 Å². The molecule has 1 heterocycles. The van der Waals surface area contributed by atoms with Crippen molar-refractivity contribution in [2.24, 2.45) is 0 Å². The number of nitrogens with zero attached hydrogens (tertiary/aromatic N) is 3. The van der Waals surface area contributed by atoms with Gasteiger partial charge in [0.1, 0.15) is 6.42 Å². The Morgan fingerprint density at radius 2 is 2.22 bits per heavy atom. The molecule has 1 aromatic rings. The fourth-order valence-corrected chi connectivity index (χ4v) is 1.05. The van der Waals surface area contributed by atoms with Gasteiger partial charge in [-0.2, -0.15) is 5.26 Å². The highest BCUT2D eigenvalue weighted by atomic mass is 19.4. The summed E-state index contributed by atoms with van der Waals surface area (Å²) in [5, 5.41) is 28.0. The molecule has 10 heteroatoms. The first-order chi connectivity index (χ1) is 8.24. The quantitative estimate of drug-likeness (QED) is 0.656. The molecule has 0 spiro atoms. The molecule has 18 heavy (non-hydrogen) atoms. The maximum absolute atomic E-state index is 12.0. The number of hydrogen-bond donors (Lipinski definition) is 1. The monoisotopic (exact) mass is 263 g/mol. The van der Waals surface area contributed by atoms with Gasteiger partial charge in [0.15, 0.2) is 11.4 Å². The zero-order valence-corrected chi connectivity index (χ0v) is 8.43. The van der Waals surface area contributed by atoms with Crippen LogP contribution in [-0.2, 0) is 6.42 Å². The predicted octanol–water partition coefficient (Wildman–Crippen LogP) is 1.66. The molecule has 1 rings (SSSR count). The number of nitriles is 1. The number of aromatic hydroxyl groups is 1. The molecule has 96 valence electrons. The Hall–Kier alpha value is -2.57. The van der Waals surface area contributed by atoms with Gasteiger partial charge in [0.05, 0.1) is 6.07 Å². The number of alkyl halides is 3. The van der Waals surface area contributed by atoms with Crippen LogP contribution in [0.4, 0.5) is 19.0 Å². The van der Waals surface area contributed by atoms with Crippen LogP contribution in [0.25, 0.3) is 0 Å². The van der Waals surface area contributed by atoms with Crippen LogP contribution in [0.1, 0.15) is 5.69 Å². The molecule has 0 aromatic carbocycles. The Morgan fingerprint density at radius 1 is 1.61 bits per heavy atom. The number of ether oxygens (including phenoxy) is 1. The lowest BCUT2D eigenvalue weighted by Crippen LogP contribution is -2.17. The van der Waals surface area contributed by atoms with E-state index in [1.54, 1.807) is 6.07 Å². The third kappa shape index (κ3) is 3.21. The Labute approximate surface area is 97.2 Å². The lowest BCUT2D eigenvalue weighted by atomic mass is 10.2. The minimum Gasteiger partial charge on any atom is -0.498 e. The lowest BCUT2D eigenvalue weighted by molar-refractivity contribution is -0.390. The third-order valence-corrected chi connectivity index (χ3v) is 1.65. The van der Waals surface area contributed by atoms with Crippen molar-refractivity contribution in [1.82, 2.24) is 4.98 Å². The molecule has 0 saturated heterocycles. The average Bonchev–Trinajstić information content (AvgIpc) is 2.20. The minimum absolute atomic E-state index is 0.318. The van der Waals surface area contributed by atoms with Crippen molar-refractivity contribution in [1.29, 1.82) is 5.26 Å². The van der Waals surface area contributed by atoms with E-state index < -0.39 is 35.0 Å². The summed E-state index contributed by atoms with van der Waals surface area (Å²) >= 11 is 0. The predicted molar refractivity (Wildman–Crippen MR) is 48.6 cm³/mol. The van der Waals surface area contributed by atoms with Gasteiger partial charge in [-0.3, -0.25) is 0 Å². The minimum atomic E-state index is -5.13. The Kier molecular flexibility index (Phi) is 3.55. The second-order valence-corrected chi connectivity index (χ2v) is 2.92. The number of nitro groups is 1. The van der Waals surface area contributed by atoms with Crippen molar-refractivity contribution in [2.45, 2.75) is 12.8 Å². The van der Waals surface area contributed by atoms with Crippen LogP contribution in [-0.4, -0.2) is 21.4 Å². The first-order valence-corrected chi connectivity index (χ1v) is 4.24. The van der Waals surface area contributed by atoms with Crippen molar-refractivity contribution in [2.75, 3.05) is 0 Å². The van der Waals surface area contributed by atoms with Crippen LogP contribution in [0.2, 0.25) is 0 Å². The second kappa shape index (κ2) is 4.74. The molecule has 7 nitrogen and oxygen atoms in total. The summed E-state index contributed by atoms with van der Waals surface area (Å²) in [7, 11) is 0. The molecule has 0 bridgehead atoms. The van der Waals surface area contributed by atoms with E-state index in [0.29, 0.717) is 6.07 Å². The zero-order valence-electron chi connectivity index (χ0n) is 8.43. The van der Waals surface area contributed by atoms with Crippen LogP contribution < -0.4 is 4.74 Å². The fourth-order valence-electron chi connectivity index (χ4n) is 1.05. The van der Waals surface area contributed by atoms with E-state index in [9.17, 15) is 28.4 Å². The SMILES string of the molecule is N#CCc1cc(OC(F)(F)F)c(O)c([N+](=O)[O-])n1. The maximum atomic E-state index is 12.0. The van der Waals surface area contributed by atoms with Gasteiger partial charge in [-0.1, -0.05) is 0 Å². The standard InChI is InChI=1S/C8H4F3N3O4/c9-8(10,11)18-5-3-4(1-2-12)13-7(6(5)15)14(16)17/h3,15H,1H2. The topological polar surface area (TPSA) is 109 Å². The molecule has 0 aliphatic heterocycles. The third-order valence-electron chi connectivity index (χ3n) is 1.65. The number of hydrogen-bond acceptors (Lipinski definition) is 6. The molecule has 0 fully saturated rings. The van der Waals surface area contributed by atoms with E-state index >= 15 is 0 Å². The van der Waals surface area contributed by atoms with Gasteiger partial charge in [0, 0.05) is 6.07 Å². The number of rotatable bonds is 3. The molecule has 0 saturated carbocycles. The average molecular weight is 263 g/mol. The van der Waals surface area contributed by atoms with E-state index in [2.05, 4.69) is 9.72 Å². The molecule has 0 aliphatic rings. The number of aromatic nitrogens is 1. The first kappa shape index (κ1) is 13.5. The molecule has 0 aliphatic carbocycles. The van der Waals surface area contributed by atoms with Gasteiger partial charge in [-0.15, -0.1) is 13.2 Å². The van der Waals surface area contributed by atoms with Gasteiger partial charge in [-0.25, -0.2) is 0 Å². The summed E-state index contributed by atoms with van der Waals surface area (Å²) in [5.74, 6) is -3.73. The molecule has 1 aromatic heterocycles. The summed E-state index contributed by atoms with van der Waals surface area (Å²) in [6, 6.07) is 2.17. The van der Waals surface area contributed by atoms with Crippen molar-refractivity contribution >= 4 is 5.82 Å². The van der Waals surface area contributed by atoms with Crippen LogP contribution >= 0.6 is 0 Å². The zero-order chi connectivity index (χ0) is 13.9. The fraction of sp³-hybridized carbons (Fsp3) is 0.250. The van der Waals surface area contributed by atoms with E-state index in [1.165, 1.54) is 0 Å². The van der Waals surface area contributed by atoms with Crippen LogP contribution in [0, 0.1) is 21.4 Å². The highest BCUT2D eigenvalue weighted by Gasteiger charge is 2.35. The summed E-state index contributed by atoms with van der Waals surface area (Å²) < 4.78 is 39.4. The van der Waals surface area contributed by atoms with Gasteiger partial charge in [0.2, 0.25) is 0 Å². The molecule has 0 radical (unpaired) electrons. The van der Waals surface area contributed by atoms with Gasteiger partial charge in [0.25, 0.3) is 5.75 Å². The Balaban J connectivity index is 3.32. The Morgan fingerprint density at radius 3 is 2.67 bits per heavy atom. The molecular weight excluding hydrogens is 259 g/mol. The van der Waals surface area contributed by atoms with Crippen molar-refractivity contribution in [3.8, 4) is 17.6 Å². The second-order valence-electron chi connectivity index (χ2n) is 2.92. The van der Waals surface area contributed by atoms with Gasteiger partial charge >= 0.3 is 12.2 Å². The summed E-state index contributed by atoms with van der Waals surface area (Å²) in [6.07, 6.45) is -5.59. The summed E-state index contributed by atoms with van der Waals surface area (Å²) in [5.41, 5.74) is -0.318. The largest absolute Gasteiger partial charge is 0.573 e. The van der Waals surface area contributed by atoms with E-state index in [4.69, 9.17) is 5.26 Å². The van der Waals surface area contributed by atoms with E-state index in [0.717, 1.165) is 0 Å². The molecule has 0 amide bonds. The van der Waals surface area contributed by atoms with Crippen molar-refractivity contribution in [3.63, 3.8) is 0 Å². The van der Waals surface area contributed by atoms with E-state index in [-0.39, 0.29) is 5.69 Å². The Bertz CT molecular complexity index is 524. The summed E-state index contributed by atoms with van der Waals surface area (Å²) in [6.45, 7) is 0. The highest BCUT2D eigenvalue weighted by Crippen LogP contribution is 2.37. The van der Waals surface area contributed by atoms with Crippen LogP contribution in [0.3, 0.4) is 0 Å². The first-order valence-electron chi connectivity index (χ1n) is 4.24. The van der Waals surface area contributed by atoms with Crippen molar-refractivity contribution < 1.29 is 27.9 Å². The van der Waals surface area contributed by atoms with Gasteiger partial charge in [-0.05, 0) is 9.91 Å². The number of pyridine rings is 1. The molecule has 0 unspecified atom stereocenters. The lowest BCUT2D eigenvalue weighted by Gasteiger charge is -2.10. The summed E-state index contributed by atoms with van der Waals surface area (Å²) in [4.78, 5) is 12.5. The van der Waals surface area contributed by atoms with Crippen LogP contribution in [0.5, 0.6) is 11.5 Å². The highest BCUT2D eigenvalue weighted by molar-refractivity contribution is 5.51. The van der Waals surface area contributed by atoms with Crippen LogP contribution in [0.15, 0.2) is 6.07 Å². The molecule has 1 N–H and O–H groups in total. The van der Waals surface area contributed by atoms with Gasteiger partial charge < -0.3 is 20.0 Å². The van der Waals surface area contributed by atoms with E-state index in [1.807, 2.05) is 0 Å². The molecular formula is C8H4F3N3O4.